The van der Waals surface area contributed by atoms with E-state index in [1.807, 2.05) is 0 Å². The molecule has 1 heterocycles. The molecule has 100 valence electrons. The number of ether oxygens (including phenoxy) is 1. The topological polar surface area (TPSA) is 39.2 Å². The van der Waals surface area contributed by atoms with E-state index in [2.05, 4.69) is 9.72 Å². The molecule has 1 aromatic rings. The molecule has 0 aliphatic rings. The van der Waals surface area contributed by atoms with Crippen LogP contribution >= 0.6 is 22.6 Å². The quantitative estimate of drug-likeness (QED) is 0.339. The summed E-state index contributed by atoms with van der Waals surface area (Å²) in [4.78, 5) is 13.4. The number of carbonyl (C=O) groups excluding carboxylic acids is 1. The van der Waals surface area contributed by atoms with Crippen LogP contribution in [0.1, 0.15) is 16.1 Å². The number of hydrogen-bond acceptors (Lipinski definition) is 3. The van der Waals surface area contributed by atoms with Crippen molar-refractivity contribution in [1.82, 2.24) is 4.98 Å². The molecule has 1 aromatic heterocycles. The Hall–Kier alpha value is -1.07. The van der Waals surface area contributed by atoms with Gasteiger partial charge in [-0.1, -0.05) is 0 Å². The molecular weight excluding hydrogens is 383 g/mol. The summed E-state index contributed by atoms with van der Waals surface area (Å²) in [6, 6.07) is 0.754. The summed E-state index contributed by atoms with van der Waals surface area (Å²) >= 11 is 1.34. The fraction of sp³-hybridized carbons (Fsp3) is 0.250. The van der Waals surface area contributed by atoms with Gasteiger partial charge in [0.2, 0.25) is 0 Å². The van der Waals surface area contributed by atoms with Crippen LogP contribution in [0, 0.1) is 3.70 Å². The van der Waals surface area contributed by atoms with Crippen LogP contribution in [0.4, 0.5) is 26.3 Å². The number of rotatable bonds is 2. The molecule has 3 nitrogen and oxygen atoms in total. The monoisotopic (exact) mass is 385 g/mol. The Morgan fingerprint density at radius 1 is 1.22 bits per heavy atom. The first-order valence-corrected chi connectivity index (χ1v) is 5.11. The molecule has 0 aliphatic carbocycles. The standard InChI is InChI=1S/C8H2F6INO2/c9-7(10,11)6-5(18-8(12,13)14)3(2-17)1-4(15)16-6/h1-2H. The molecule has 0 saturated carbocycles. The van der Waals surface area contributed by atoms with E-state index < -0.39 is 29.5 Å². The largest absolute Gasteiger partial charge is 0.573 e. The van der Waals surface area contributed by atoms with E-state index in [-0.39, 0.29) is 9.99 Å². The lowest BCUT2D eigenvalue weighted by Crippen LogP contribution is -2.22. The van der Waals surface area contributed by atoms with Crippen molar-refractivity contribution in [3.8, 4) is 5.75 Å². The minimum atomic E-state index is -5.35. The summed E-state index contributed by atoms with van der Waals surface area (Å²) in [7, 11) is 0. The number of aromatic nitrogens is 1. The summed E-state index contributed by atoms with van der Waals surface area (Å²) in [5.74, 6) is -1.65. The molecule has 0 N–H and O–H groups in total. The molecule has 0 atom stereocenters. The molecule has 0 bridgehead atoms. The lowest BCUT2D eigenvalue weighted by molar-refractivity contribution is -0.276. The van der Waals surface area contributed by atoms with E-state index in [9.17, 15) is 31.1 Å². The Labute approximate surface area is 109 Å². The van der Waals surface area contributed by atoms with Crippen molar-refractivity contribution in [2.24, 2.45) is 0 Å². The van der Waals surface area contributed by atoms with E-state index in [1.54, 1.807) is 0 Å². The fourth-order valence-corrected chi connectivity index (χ4v) is 1.60. The average molecular weight is 385 g/mol. The first kappa shape index (κ1) is 15.0. The predicted octanol–water partition coefficient (Wildman–Crippen LogP) is 3.42. The molecule has 0 fully saturated rings. The van der Waals surface area contributed by atoms with Gasteiger partial charge in [-0.05, 0) is 28.7 Å². The molecule has 0 aliphatic heterocycles. The molecule has 0 radical (unpaired) electrons. The lowest BCUT2D eigenvalue weighted by Gasteiger charge is -2.16. The summed E-state index contributed by atoms with van der Waals surface area (Å²) < 4.78 is 76.4. The van der Waals surface area contributed by atoms with Crippen molar-refractivity contribution >= 4 is 28.9 Å². The Kier molecular flexibility index (Phi) is 4.08. The fourth-order valence-electron chi connectivity index (χ4n) is 1.02. The van der Waals surface area contributed by atoms with Gasteiger partial charge in [0.05, 0.1) is 5.56 Å². The number of pyridine rings is 1. The van der Waals surface area contributed by atoms with Gasteiger partial charge in [0.15, 0.2) is 17.7 Å². The van der Waals surface area contributed by atoms with Crippen LogP contribution in [-0.2, 0) is 6.18 Å². The van der Waals surface area contributed by atoms with E-state index in [1.165, 1.54) is 22.6 Å². The molecule has 1 rings (SSSR count). The Balaban J connectivity index is 3.48. The lowest BCUT2D eigenvalue weighted by atomic mass is 10.2. The molecule has 18 heavy (non-hydrogen) atoms. The molecule has 10 heteroatoms. The normalized spacial score (nSPS) is 12.4. The summed E-state index contributed by atoms with van der Waals surface area (Å²) in [6.07, 6.45) is -10.7. The minimum absolute atomic E-state index is 0.167. The number of hydrogen-bond donors (Lipinski definition) is 0. The van der Waals surface area contributed by atoms with Gasteiger partial charge in [-0.3, -0.25) is 4.79 Å². The number of carbonyl (C=O) groups is 1. The maximum atomic E-state index is 12.5. The Morgan fingerprint density at radius 2 is 1.78 bits per heavy atom. The van der Waals surface area contributed by atoms with Gasteiger partial charge in [-0.2, -0.15) is 13.2 Å². The Bertz CT molecular complexity index is 470. The molecular formula is C8H2F6INO2. The number of aldehydes is 1. The van der Waals surface area contributed by atoms with Crippen LogP contribution in [-0.4, -0.2) is 17.6 Å². The second-order valence-electron chi connectivity index (χ2n) is 2.88. The second-order valence-corrected chi connectivity index (χ2v) is 3.98. The zero-order valence-electron chi connectivity index (χ0n) is 8.06. The molecule has 0 spiro atoms. The van der Waals surface area contributed by atoms with E-state index in [0.29, 0.717) is 0 Å². The van der Waals surface area contributed by atoms with Gasteiger partial charge < -0.3 is 4.74 Å². The molecule has 0 unspecified atom stereocenters. The van der Waals surface area contributed by atoms with Crippen molar-refractivity contribution in [3.05, 3.63) is 21.0 Å². The first-order valence-electron chi connectivity index (χ1n) is 4.03. The summed E-state index contributed by atoms with van der Waals surface area (Å²) in [5.41, 5.74) is -2.77. The van der Waals surface area contributed by atoms with Crippen molar-refractivity contribution in [1.29, 1.82) is 0 Å². The SMILES string of the molecule is O=Cc1cc(I)nc(C(F)(F)F)c1OC(F)(F)F. The molecule has 0 amide bonds. The van der Waals surface area contributed by atoms with Gasteiger partial charge >= 0.3 is 12.5 Å². The predicted molar refractivity (Wildman–Crippen MR) is 54.0 cm³/mol. The average Bonchev–Trinajstić information content (AvgIpc) is 2.16. The minimum Gasteiger partial charge on any atom is -0.403 e. The highest BCUT2D eigenvalue weighted by atomic mass is 127. The highest BCUT2D eigenvalue weighted by Crippen LogP contribution is 2.39. The summed E-state index contributed by atoms with van der Waals surface area (Å²) in [5, 5.41) is 0. The Morgan fingerprint density at radius 3 is 2.17 bits per heavy atom. The van der Waals surface area contributed by atoms with E-state index >= 15 is 0 Å². The van der Waals surface area contributed by atoms with Crippen LogP contribution in [0.3, 0.4) is 0 Å². The van der Waals surface area contributed by atoms with Crippen LogP contribution in [0.2, 0.25) is 0 Å². The van der Waals surface area contributed by atoms with Crippen molar-refractivity contribution in [2.75, 3.05) is 0 Å². The number of nitrogens with zero attached hydrogens (tertiary/aromatic N) is 1. The number of alkyl halides is 6. The molecule has 0 saturated heterocycles. The smallest absolute Gasteiger partial charge is 0.403 e. The summed E-state index contributed by atoms with van der Waals surface area (Å²) in [6.45, 7) is 0. The third-order valence-electron chi connectivity index (χ3n) is 1.58. The van der Waals surface area contributed by atoms with Crippen molar-refractivity contribution in [3.63, 3.8) is 0 Å². The first-order chi connectivity index (χ1) is 8.04. The van der Waals surface area contributed by atoms with Crippen LogP contribution < -0.4 is 4.74 Å². The molecule has 0 aromatic carbocycles. The van der Waals surface area contributed by atoms with E-state index in [0.717, 1.165) is 6.07 Å². The van der Waals surface area contributed by atoms with Crippen molar-refractivity contribution < 1.29 is 35.9 Å². The van der Waals surface area contributed by atoms with Gasteiger partial charge in [-0.15, -0.1) is 13.2 Å². The zero-order chi connectivity index (χ0) is 14.1. The second kappa shape index (κ2) is 4.90. The van der Waals surface area contributed by atoms with E-state index in [4.69, 9.17) is 0 Å². The van der Waals surface area contributed by atoms with Crippen molar-refractivity contribution in [2.45, 2.75) is 12.5 Å². The van der Waals surface area contributed by atoms with Gasteiger partial charge in [0.1, 0.15) is 3.70 Å². The highest BCUT2D eigenvalue weighted by Gasteiger charge is 2.42. The maximum Gasteiger partial charge on any atom is 0.573 e. The van der Waals surface area contributed by atoms with Crippen LogP contribution in [0.5, 0.6) is 5.75 Å². The van der Waals surface area contributed by atoms with Crippen LogP contribution in [0.15, 0.2) is 6.07 Å². The van der Waals surface area contributed by atoms with Crippen LogP contribution in [0.25, 0.3) is 0 Å². The van der Waals surface area contributed by atoms with Gasteiger partial charge in [-0.25, -0.2) is 4.98 Å². The third-order valence-corrected chi connectivity index (χ3v) is 2.14. The zero-order valence-corrected chi connectivity index (χ0v) is 10.2. The number of halogens is 7. The maximum absolute atomic E-state index is 12.5. The van der Waals surface area contributed by atoms with Gasteiger partial charge in [0.25, 0.3) is 0 Å². The third kappa shape index (κ3) is 3.71. The van der Waals surface area contributed by atoms with Gasteiger partial charge in [0, 0.05) is 0 Å². The highest BCUT2D eigenvalue weighted by molar-refractivity contribution is 14.1.